The second kappa shape index (κ2) is 4.40. The predicted octanol–water partition coefficient (Wildman–Crippen LogP) is 4.47. The summed E-state index contributed by atoms with van der Waals surface area (Å²) in [4.78, 5) is 0. The van der Waals surface area contributed by atoms with Crippen LogP contribution in [0.5, 0.6) is 0 Å². The van der Waals surface area contributed by atoms with Gasteiger partial charge in [-0.3, -0.25) is 0 Å². The summed E-state index contributed by atoms with van der Waals surface area (Å²) in [5, 5.41) is -0.355. The fourth-order valence-corrected chi connectivity index (χ4v) is 4.93. The summed E-state index contributed by atoms with van der Waals surface area (Å²) in [5.74, 6) is 2.15. The van der Waals surface area contributed by atoms with Crippen molar-refractivity contribution in [1.29, 1.82) is 0 Å². The van der Waals surface area contributed by atoms with Gasteiger partial charge in [0, 0.05) is 0 Å². The van der Waals surface area contributed by atoms with Gasteiger partial charge in [0.05, 0.1) is 11.9 Å². The van der Waals surface area contributed by atoms with Gasteiger partial charge in [0.2, 0.25) is 0 Å². The summed E-state index contributed by atoms with van der Waals surface area (Å²) in [5.41, 5.74) is 0.0197. The van der Waals surface area contributed by atoms with Gasteiger partial charge in [0.1, 0.15) is 0 Å². The van der Waals surface area contributed by atoms with Crippen LogP contribution in [0.15, 0.2) is 0 Å². The van der Waals surface area contributed by atoms with Gasteiger partial charge in [0.15, 0.2) is 0 Å². The van der Waals surface area contributed by atoms with Crippen LogP contribution in [0.1, 0.15) is 48.5 Å². The first-order valence-electron chi connectivity index (χ1n) is 6.62. The quantitative estimate of drug-likeness (QED) is 0.413. The highest BCUT2D eigenvalue weighted by Gasteiger charge is 2.66. The maximum atomic E-state index is 6.65. The van der Waals surface area contributed by atoms with Gasteiger partial charge in [-0.2, -0.15) is 25.3 Å². The van der Waals surface area contributed by atoms with Gasteiger partial charge >= 0.3 is 0 Å². The third kappa shape index (κ3) is 2.00. The lowest BCUT2D eigenvalue weighted by molar-refractivity contribution is 0.125. The molecule has 0 N–H and O–H groups in total. The highest BCUT2D eigenvalue weighted by atomic mass is 32.2. The first-order valence-corrected chi connectivity index (χ1v) is 7.52. The first kappa shape index (κ1) is 15.8. The van der Waals surface area contributed by atoms with Crippen LogP contribution in [-0.4, -0.2) is 11.9 Å². The number of rotatable bonds is 2. The van der Waals surface area contributed by atoms with E-state index >= 15 is 0 Å². The molecule has 17 heavy (non-hydrogen) atoms. The molecular formula is C14H27BS2. The maximum absolute atomic E-state index is 6.65. The molecule has 1 saturated carbocycles. The fraction of sp³-hybridized carbons (Fsp3) is 1.00. The molecule has 3 heteroatoms. The van der Waals surface area contributed by atoms with Gasteiger partial charge in [0.25, 0.3) is 0 Å². The summed E-state index contributed by atoms with van der Waals surface area (Å²) in [7, 11) is 6.65. The second-order valence-corrected chi connectivity index (χ2v) is 8.91. The lowest BCUT2D eigenvalue weighted by Crippen LogP contribution is -2.40. The van der Waals surface area contributed by atoms with Gasteiger partial charge in [-0.1, -0.05) is 48.5 Å². The molecule has 0 spiro atoms. The van der Waals surface area contributed by atoms with E-state index in [0.717, 1.165) is 0 Å². The minimum Gasteiger partial charge on any atom is -0.161 e. The summed E-state index contributed by atoms with van der Waals surface area (Å²) < 4.78 is -0.441. The Morgan fingerprint density at radius 3 is 1.47 bits per heavy atom. The lowest BCUT2D eigenvalue weighted by Gasteiger charge is -2.44. The van der Waals surface area contributed by atoms with Crippen LogP contribution in [0.4, 0.5) is 0 Å². The van der Waals surface area contributed by atoms with E-state index < -0.39 is 4.08 Å². The highest BCUT2D eigenvalue weighted by Crippen LogP contribution is 2.72. The Balaban J connectivity index is 3.39. The smallest absolute Gasteiger partial charge is 0.0777 e. The Labute approximate surface area is 120 Å². The number of hydrogen-bond donors (Lipinski definition) is 2. The Kier molecular flexibility index (Phi) is 4.10. The molecule has 0 aromatic rings. The molecular weight excluding hydrogens is 243 g/mol. The summed E-state index contributed by atoms with van der Waals surface area (Å²) >= 11 is 9.71. The zero-order chi connectivity index (χ0) is 13.8. The van der Waals surface area contributed by atoms with Crippen molar-refractivity contribution in [3.63, 3.8) is 0 Å². The van der Waals surface area contributed by atoms with E-state index in [-0.39, 0.29) is 10.7 Å². The normalized spacial score (nSPS) is 40.2. The SMILES string of the molecule is [B]C1(C)C(C(C)C)C(C(C)C)C(C)(C)C1(S)S. The molecule has 0 aliphatic heterocycles. The lowest BCUT2D eigenvalue weighted by atomic mass is 9.58. The average Bonchev–Trinajstić information content (AvgIpc) is 2.20. The van der Waals surface area contributed by atoms with Crippen LogP contribution in [0.3, 0.4) is 0 Å². The van der Waals surface area contributed by atoms with E-state index in [9.17, 15) is 0 Å². The monoisotopic (exact) mass is 270 g/mol. The molecule has 2 radical (unpaired) electrons. The van der Waals surface area contributed by atoms with E-state index in [1.807, 2.05) is 0 Å². The van der Waals surface area contributed by atoms with Crippen LogP contribution < -0.4 is 0 Å². The number of thiol groups is 2. The number of hydrogen-bond acceptors (Lipinski definition) is 2. The summed E-state index contributed by atoms with van der Waals surface area (Å²) in [6.07, 6.45) is 0. The van der Waals surface area contributed by atoms with Crippen molar-refractivity contribution in [2.75, 3.05) is 0 Å². The molecule has 0 heterocycles. The van der Waals surface area contributed by atoms with Crippen molar-refractivity contribution in [3.8, 4) is 0 Å². The van der Waals surface area contributed by atoms with Crippen molar-refractivity contribution in [1.82, 2.24) is 0 Å². The van der Waals surface area contributed by atoms with Gasteiger partial charge < -0.3 is 0 Å². The van der Waals surface area contributed by atoms with E-state index in [1.165, 1.54) is 0 Å². The van der Waals surface area contributed by atoms with E-state index in [2.05, 4.69) is 48.5 Å². The molecule has 3 atom stereocenters. The zero-order valence-electron chi connectivity index (χ0n) is 12.3. The topological polar surface area (TPSA) is 0 Å². The van der Waals surface area contributed by atoms with E-state index in [1.54, 1.807) is 0 Å². The molecule has 1 fully saturated rings. The van der Waals surface area contributed by atoms with Crippen molar-refractivity contribution >= 4 is 33.1 Å². The molecule has 0 aromatic heterocycles. The molecule has 0 bridgehead atoms. The van der Waals surface area contributed by atoms with Crippen LogP contribution in [-0.2, 0) is 0 Å². The second-order valence-electron chi connectivity index (χ2n) is 7.22. The Bertz CT molecular complexity index is 265. The van der Waals surface area contributed by atoms with Crippen molar-refractivity contribution in [3.05, 3.63) is 0 Å². The minimum atomic E-state index is -0.441. The van der Waals surface area contributed by atoms with Crippen molar-refractivity contribution < 1.29 is 0 Å². The van der Waals surface area contributed by atoms with Crippen LogP contribution >= 0.6 is 25.3 Å². The third-order valence-electron chi connectivity index (χ3n) is 5.00. The maximum Gasteiger partial charge on any atom is 0.0777 e. The average molecular weight is 270 g/mol. The van der Waals surface area contributed by atoms with E-state index in [0.29, 0.717) is 23.7 Å². The molecule has 0 nitrogen and oxygen atoms in total. The third-order valence-corrected chi connectivity index (χ3v) is 7.12. The van der Waals surface area contributed by atoms with E-state index in [4.69, 9.17) is 33.1 Å². The molecule has 1 aliphatic rings. The molecule has 98 valence electrons. The highest BCUT2D eigenvalue weighted by molar-refractivity contribution is 8.01. The Morgan fingerprint density at radius 2 is 1.24 bits per heavy atom. The molecule has 0 amide bonds. The zero-order valence-corrected chi connectivity index (χ0v) is 14.1. The Hall–Kier alpha value is 0.765. The summed E-state index contributed by atoms with van der Waals surface area (Å²) in [6.45, 7) is 15.8. The molecule has 1 aliphatic carbocycles. The standard InChI is InChI=1S/C14H27BS2/c1-8(2)10-11(9(3)4)13(7,15)14(16,17)12(10,5)6/h8-11,16-17H,1-7H3. The fourth-order valence-electron chi connectivity index (χ4n) is 4.34. The molecule has 0 saturated heterocycles. The van der Waals surface area contributed by atoms with Crippen molar-refractivity contribution in [2.45, 2.75) is 57.9 Å². The largest absolute Gasteiger partial charge is 0.161 e. The molecule has 0 aromatic carbocycles. The molecule has 3 unspecified atom stereocenters. The first-order chi connectivity index (χ1) is 7.39. The van der Waals surface area contributed by atoms with Crippen molar-refractivity contribution in [2.24, 2.45) is 29.1 Å². The predicted molar refractivity (Wildman–Crippen MR) is 85.3 cm³/mol. The minimum absolute atomic E-state index is 0.0197. The van der Waals surface area contributed by atoms with Gasteiger partial charge in [-0.05, 0) is 34.4 Å². The Morgan fingerprint density at radius 1 is 0.882 bits per heavy atom. The van der Waals surface area contributed by atoms with Gasteiger partial charge in [-0.25, -0.2) is 0 Å². The van der Waals surface area contributed by atoms with Crippen LogP contribution in [0.25, 0.3) is 0 Å². The van der Waals surface area contributed by atoms with Gasteiger partial charge in [-0.15, -0.1) is 0 Å². The summed E-state index contributed by atoms with van der Waals surface area (Å²) in [6, 6.07) is 0. The van der Waals surface area contributed by atoms with Crippen LogP contribution in [0, 0.1) is 29.1 Å². The molecule has 1 rings (SSSR count). The van der Waals surface area contributed by atoms with Crippen LogP contribution in [0.2, 0.25) is 5.31 Å².